The third-order valence-corrected chi connectivity index (χ3v) is 7.80. The van der Waals surface area contributed by atoms with Crippen molar-refractivity contribution in [1.82, 2.24) is 8.94 Å². The van der Waals surface area contributed by atoms with Gasteiger partial charge in [-0.05, 0) is 42.7 Å². The highest BCUT2D eigenvalue weighted by atomic mass is 32.1. The quantitative estimate of drug-likeness (QED) is 0.236. The van der Waals surface area contributed by atoms with E-state index in [9.17, 15) is 18.8 Å². The van der Waals surface area contributed by atoms with Gasteiger partial charge in [0.15, 0.2) is 12.4 Å². The van der Waals surface area contributed by atoms with Gasteiger partial charge in [0.1, 0.15) is 23.0 Å². The lowest BCUT2D eigenvalue weighted by molar-refractivity contribution is -0.121. The van der Waals surface area contributed by atoms with Gasteiger partial charge in [-0.25, -0.2) is 19.0 Å². The standard InChI is InChI=1S/C18H17FN4O2S.C16H16N2O4/c1-4-5-22-13-7-12(11(19)6-14(13)25-9-16(22)24)20-17-23-10-18(2,3)8-15(23)21-26-17;1-2-21-15(19)18-13-9-6-10-14(11-13)22-16(20)17-12-7-4-3-5-8-12/h1,6-7H,5,8-10H2,2-3H3;3-11H,2H2,1H3,(H,17,20)(H,18,19). The van der Waals surface area contributed by atoms with Crippen LogP contribution in [0.1, 0.15) is 26.6 Å². The van der Waals surface area contributed by atoms with Gasteiger partial charge in [0.2, 0.25) is 4.80 Å². The van der Waals surface area contributed by atoms with Gasteiger partial charge in [-0.3, -0.25) is 20.3 Å². The molecule has 0 unspecified atom stereocenters. The zero-order valence-corrected chi connectivity index (χ0v) is 27.3. The molecule has 1 aromatic heterocycles. The summed E-state index contributed by atoms with van der Waals surface area (Å²) in [7, 11) is 0. The van der Waals surface area contributed by atoms with E-state index in [1.165, 1.54) is 34.6 Å². The highest BCUT2D eigenvalue weighted by Crippen LogP contribution is 2.37. The first-order valence-electron chi connectivity index (χ1n) is 14.9. The monoisotopic (exact) mass is 672 g/mol. The minimum absolute atomic E-state index is 0.0964. The number of hydrogen-bond acceptors (Lipinski definition) is 9. The normalized spacial score (nSPS) is 14.4. The molecule has 0 saturated heterocycles. The molecule has 0 saturated carbocycles. The van der Waals surface area contributed by atoms with E-state index in [0.717, 1.165) is 18.8 Å². The van der Waals surface area contributed by atoms with Crippen molar-refractivity contribution in [2.75, 3.05) is 35.3 Å². The first kappa shape index (κ1) is 33.7. The Morgan fingerprint density at radius 1 is 1.10 bits per heavy atom. The van der Waals surface area contributed by atoms with Gasteiger partial charge >= 0.3 is 12.2 Å². The van der Waals surface area contributed by atoms with Crippen molar-refractivity contribution in [2.45, 2.75) is 33.7 Å². The minimum Gasteiger partial charge on any atom is -0.481 e. The molecule has 48 heavy (non-hydrogen) atoms. The van der Waals surface area contributed by atoms with E-state index in [1.54, 1.807) is 49.4 Å². The van der Waals surface area contributed by atoms with Crippen molar-refractivity contribution >= 4 is 52.4 Å². The van der Waals surface area contributed by atoms with E-state index in [1.807, 2.05) is 10.6 Å². The number of halogens is 1. The van der Waals surface area contributed by atoms with Gasteiger partial charge in [0.25, 0.3) is 5.91 Å². The van der Waals surface area contributed by atoms with Gasteiger partial charge in [0.05, 0.1) is 18.8 Å². The average molecular weight is 673 g/mol. The molecule has 2 aliphatic rings. The van der Waals surface area contributed by atoms with Gasteiger partial charge in [-0.2, -0.15) is 4.37 Å². The summed E-state index contributed by atoms with van der Waals surface area (Å²) in [5, 5.41) is 5.13. The Morgan fingerprint density at radius 3 is 2.60 bits per heavy atom. The number of anilines is 3. The zero-order chi connectivity index (χ0) is 34.3. The van der Waals surface area contributed by atoms with Crippen molar-refractivity contribution in [1.29, 1.82) is 0 Å². The molecule has 0 bridgehead atoms. The second-order valence-electron chi connectivity index (χ2n) is 11.4. The number of fused-ring (bicyclic) bond motifs is 2. The highest BCUT2D eigenvalue weighted by Gasteiger charge is 2.31. The number of nitrogens with one attached hydrogen (secondary N) is 2. The lowest BCUT2D eigenvalue weighted by atomic mass is 9.92. The summed E-state index contributed by atoms with van der Waals surface area (Å²) in [5.74, 6) is 3.23. The van der Waals surface area contributed by atoms with E-state index in [2.05, 4.69) is 39.8 Å². The third kappa shape index (κ3) is 8.37. The maximum absolute atomic E-state index is 14.5. The van der Waals surface area contributed by atoms with E-state index in [-0.39, 0.29) is 36.8 Å². The van der Waals surface area contributed by atoms with Gasteiger partial charge < -0.3 is 18.8 Å². The molecule has 2 aliphatic heterocycles. The first-order valence-corrected chi connectivity index (χ1v) is 15.7. The molecule has 12 nitrogen and oxygen atoms in total. The highest BCUT2D eigenvalue weighted by molar-refractivity contribution is 7.02. The number of rotatable bonds is 6. The summed E-state index contributed by atoms with van der Waals surface area (Å²) in [6, 6.07) is 18.2. The fourth-order valence-electron chi connectivity index (χ4n) is 4.94. The summed E-state index contributed by atoms with van der Waals surface area (Å²) >= 11 is 1.24. The second-order valence-corrected chi connectivity index (χ2v) is 12.1. The van der Waals surface area contributed by atoms with Crippen molar-refractivity contribution in [2.24, 2.45) is 10.4 Å². The Bertz CT molecular complexity index is 1930. The molecule has 2 N–H and O–H groups in total. The lowest BCUT2D eigenvalue weighted by Crippen LogP contribution is -2.39. The molecule has 6 rings (SSSR count). The molecule has 4 aromatic rings. The molecule has 248 valence electrons. The van der Waals surface area contributed by atoms with Crippen LogP contribution in [0.5, 0.6) is 11.5 Å². The Hall–Kier alpha value is -5.68. The molecule has 3 heterocycles. The number of aromatic nitrogens is 2. The molecule has 0 atom stereocenters. The molecular weight excluding hydrogens is 639 g/mol. The van der Waals surface area contributed by atoms with E-state index >= 15 is 0 Å². The Labute approximate surface area is 280 Å². The predicted octanol–water partition coefficient (Wildman–Crippen LogP) is 6.12. The van der Waals surface area contributed by atoms with E-state index in [4.69, 9.17) is 20.6 Å². The Morgan fingerprint density at radius 2 is 1.85 bits per heavy atom. The fraction of sp³-hybridized carbons (Fsp3) is 0.265. The molecule has 0 radical (unpaired) electrons. The van der Waals surface area contributed by atoms with Crippen molar-refractivity contribution < 1.29 is 33.0 Å². The van der Waals surface area contributed by atoms with Crippen LogP contribution in [0.2, 0.25) is 0 Å². The van der Waals surface area contributed by atoms with Gasteiger partial charge in [-0.1, -0.05) is 44.0 Å². The molecule has 14 heteroatoms. The molecule has 0 spiro atoms. The van der Waals surface area contributed by atoms with Crippen LogP contribution < -0.4 is 29.8 Å². The first-order chi connectivity index (χ1) is 23.0. The third-order valence-electron chi connectivity index (χ3n) is 7.02. The predicted molar refractivity (Wildman–Crippen MR) is 179 cm³/mol. The van der Waals surface area contributed by atoms with Crippen LogP contribution in [0, 0.1) is 23.6 Å². The van der Waals surface area contributed by atoms with Crippen LogP contribution >= 0.6 is 11.5 Å². The number of carbonyl (C=O) groups is 3. The summed E-state index contributed by atoms with van der Waals surface area (Å²) in [4.78, 5) is 41.7. The molecule has 0 aliphatic carbocycles. The zero-order valence-electron chi connectivity index (χ0n) is 26.5. The second kappa shape index (κ2) is 14.8. The maximum atomic E-state index is 14.5. The molecule has 3 amide bonds. The van der Waals surface area contributed by atoms with Crippen LogP contribution in [-0.4, -0.2) is 46.8 Å². The number of benzene rings is 3. The number of nitrogens with zero attached hydrogens (tertiary/aromatic N) is 4. The summed E-state index contributed by atoms with van der Waals surface area (Å²) in [6.45, 7) is 7.05. The summed E-state index contributed by atoms with van der Waals surface area (Å²) in [5.41, 5.74) is 1.79. The van der Waals surface area contributed by atoms with Gasteiger partial charge in [0, 0.05) is 48.0 Å². The number of carbonyl (C=O) groups excluding carboxylic acids is 3. The Kier molecular flexibility index (Phi) is 10.4. The smallest absolute Gasteiger partial charge is 0.417 e. The fourth-order valence-corrected chi connectivity index (χ4v) is 5.70. The van der Waals surface area contributed by atoms with E-state index in [0.29, 0.717) is 33.4 Å². The van der Waals surface area contributed by atoms with Crippen LogP contribution in [0.25, 0.3) is 0 Å². The number of para-hydroxylation sites is 1. The molecule has 0 fully saturated rings. The molecule has 3 aromatic carbocycles. The van der Waals surface area contributed by atoms with Crippen molar-refractivity contribution in [3.05, 3.63) is 83.2 Å². The number of ether oxygens (including phenoxy) is 3. The summed E-state index contributed by atoms with van der Waals surface area (Å²) < 4.78 is 36.3. The van der Waals surface area contributed by atoms with Crippen LogP contribution in [0.4, 0.5) is 36.7 Å². The maximum Gasteiger partial charge on any atom is 0.417 e. The van der Waals surface area contributed by atoms with Crippen LogP contribution in [0.3, 0.4) is 0 Å². The number of amides is 3. The Balaban J connectivity index is 0.000000191. The van der Waals surface area contributed by atoms with Crippen molar-refractivity contribution in [3.8, 4) is 23.8 Å². The topological polar surface area (TPSA) is 136 Å². The van der Waals surface area contributed by atoms with E-state index < -0.39 is 18.0 Å². The number of terminal acetylenes is 1. The average Bonchev–Trinajstić information content (AvgIpc) is 3.55. The largest absolute Gasteiger partial charge is 0.481 e. The summed E-state index contributed by atoms with van der Waals surface area (Å²) in [6.07, 6.45) is 5.04. The lowest BCUT2D eigenvalue weighted by Gasteiger charge is -2.28. The van der Waals surface area contributed by atoms with Gasteiger partial charge in [-0.15, -0.1) is 6.42 Å². The van der Waals surface area contributed by atoms with Crippen molar-refractivity contribution in [3.63, 3.8) is 0 Å². The number of hydrogen-bond donors (Lipinski definition) is 2. The van der Waals surface area contributed by atoms with Crippen LogP contribution in [-0.2, 0) is 22.5 Å². The van der Waals surface area contributed by atoms with Crippen LogP contribution in [0.15, 0.2) is 71.7 Å². The SMILES string of the molecule is C#CCN1C(=O)COc2cc(F)c(N=c3snc4n3CC(C)(C)C4)cc21.CCOC(=O)Nc1cccc(OC(=O)Nc2ccccc2)c1. The minimum atomic E-state index is -0.612. The molecular formula is C34H33FN6O6S.